The van der Waals surface area contributed by atoms with Crippen LogP contribution in [0.4, 0.5) is 4.79 Å². The van der Waals surface area contributed by atoms with E-state index in [9.17, 15) is 4.79 Å². The lowest BCUT2D eigenvalue weighted by Gasteiger charge is -2.22. The zero-order valence-corrected chi connectivity index (χ0v) is 10.7. The third-order valence-corrected chi connectivity index (χ3v) is 2.49. The second kappa shape index (κ2) is 5.53. The maximum atomic E-state index is 11.5. The van der Waals surface area contributed by atoms with Crippen LogP contribution in [0.25, 0.3) is 0 Å². The van der Waals surface area contributed by atoms with Crippen LogP contribution in [0.15, 0.2) is 0 Å². The van der Waals surface area contributed by atoms with Crippen molar-refractivity contribution in [2.24, 2.45) is 0 Å². The van der Waals surface area contributed by atoms with Gasteiger partial charge in [0.1, 0.15) is 6.10 Å². The van der Waals surface area contributed by atoms with Gasteiger partial charge in [0.25, 0.3) is 0 Å². The second-order valence-electron chi connectivity index (χ2n) is 5.29. The van der Waals surface area contributed by atoms with Crippen molar-refractivity contribution in [3.05, 3.63) is 0 Å². The highest BCUT2D eigenvalue weighted by Gasteiger charge is 2.28. The van der Waals surface area contributed by atoms with Crippen LogP contribution in [-0.2, 0) is 9.47 Å². The number of hydrogen-bond donors (Lipinski definition) is 1. The van der Waals surface area contributed by atoms with E-state index >= 15 is 0 Å². The lowest BCUT2D eigenvalue weighted by atomic mass is 10.1. The maximum Gasteiger partial charge on any atom is 0.407 e. The highest BCUT2D eigenvalue weighted by Crippen LogP contribution is 2.24. The Morgan fingerprint density at radius 3 is 2.50 bits per heavy atom. The van der Waals surface area contributed by atoms with Gasteiger partial charge >= 0.3 is 6.09 Å². The lowest BCUT2D eigenvalue weighted by molar-refractivity contribution is 0.0477. The molecule has 4 nitrogen and oxygen atoms in total. The molecule has 0 saturated heterocycles. The number of hydrogen-bond acceptors (Lipinski definition) is 3. The highest BCUT2D eigenvalue weighted by molar-refractivity contribution is 5.68. The summed E-state index contributed by atoms with van der Waals surface area (Å²) in [5, 5.41) is 2.79. The summed E-state index contributed by atoms with van der Waals surface area (Å²) >= 11 is 0. The molecule has 0 aromatic heterocycles. The summed E-state index contributed by atoms with van der Waals surface area (Å²) in [6.45, 7) is 8.52. The van der Waals surface area contributed by atoms with Crippen LogP contribution < -0.4 is 5.32 Å². The zero-order chi connectivity index (χ0) is 12.2. The van der Waals surface area contributed by atoms with Crippen LogP contribution in [0, 0.1) is 0 Å². The monoisotopic (exact) mass is 229 g/mol. The van der Waals surface area contributed by atoms with E-state index in [1.807, 2.05) is 27.7 Å². The van der Waals surface area contributed by atoms with Crippen molar-refractivity contribution in [1.29, 1.82) is 0 Å². The summed E-state index contributed by atoms with van der Waals surface area (Å²) < 4.78 is 10.8. The number of amides is 1. The fraction of sp³-hybridized carbons (Fsp3) is 0.917. The number of rotatable bonds is 3. The van der Waals surface area contributed by atoms with Crippen LogP contribution in [0.3, 0.4) is 0 Å². The molecular formula is C12H23NO3. The van der Waals surface area contributed by atoms with Gasteiger partial charge in [0.05, 0.1) is 6.10 Å². The Morgan fingerprint density at radius 2 is 1.94 bits per heavy atom. The maximum absolute atomic E-state index is 11.5. The molecule has 1 aliphatic rings. The Morgan fingerprint density at radius 1 is 1.31 bits per heavy atom. The molecule has 2 unspecified atom stereocenters. The molecule has 1 rings (SSSR count). The number of alkyl carbamates (subject to hydrolysis) is 1. The Kier molecular flexibility index (Phi) is 4.59. The van der Waals surface area contributed by atoms with Gasteiger partial charge in [-0.2, -0.15) is 0 Å². The van der Waals surface area contributed by atoms with Crippen molar-refractivity contribution in [2.75, 3.05) is 6.61 Å². The summed E-state index contributed by atoms with van der Waals surface area (Å²) in [6.07, 6.45) is 2.67. The normalized spacial score (nSPS) is 25.5. The molecule has 1 N–H and O–H groups in total. The SMILES string of the molecule is CCOC1CCC(OC(=O)NC(C)(C)C)C1. The quantitative estimate of drug-likeness (QED) is 0.808. The van der Waals surface area contributed by atoms with Crippen LogP contribution >= 0.6 is 0 Å². The fourth-order valence-electron chi connectivity index (χ4n) is 1.88. The molecule has 1 amide bonds. The van der Waals surface area contributed by atoms with Crippen LogP contribution in [-0.4, -0.2) is 30.4 Å². The van der Waals surface area contributed by atoms with Gasteiger partial charge in [0.15, 0.2) is 0 Å². The van der Waals surface area contributed by atoms with Gasteiger partial charge in [-0.3, -0.25) is 0 Å². The first kappa shape index (κ1) is 13.3. The molecule has 16 heavy (non-hydrogen) atoms. The number of carbonyl (C=O) groups excluding carboxylic acids is 1. The summed E-state index contributed by atoms with van der Waals surface area (Å²) in [5.74, 6) is 0. The first-order chi connectivity index (χ1) is 7.40. The molecule has 0 bridgehead atoms. The van der Waals surface area contributed by atoms with Gasteiger partial charge in [-0.05, 0) is 40.5 Å². The average molecular weight is 229 g/mol. The Balaban J connectivity index is 2.26. The largest absolute Gasteiger partial charge is 0.446 e. The summed E-state index contributed by atoms with van der Waals surface area (Å²) in [6, 6.07) is 0. The predicted octanol–water partition coefficient (Wildman–Crippen LogP) is 2.47. The van der Waals surface area contributed by atoms with Gasteiger partial charge in [-0.25, -0.2) is 4.79 Å². The van der Waals surface area contributed by atoms with Gasteiger partial charge in [0, 0.05) is 18.6 Å². The Hall–Kier alpha value is -0.770. The Bertz CT molecular complexity index is 235. The lowest BCUT2D eigenvalue weighted by Crippen LogP contribution is -2.42. The molecule has 1 saturated carbocycles. The molecule has 0 radical (unpaired) electrons. The Labute approximate surface area is 97.7 Å². The zero-order valence-electron chi connectivity index (χ0n) is 10.7. The number of ether oxygens (including phenoxy) is 2. The van der Waals surface area contributed by atoms with Crippen molar-refractivity contribution in [1.82, 2.24) is 5.32 Å². The molecule has 4 heteroatoms. The van der Waals surface area contributed by atoms with Crippen molar-refractivity contribution in [3.8, 4) is 0 Å². The minimum atomic E-state index is -0.324. The third kappa shape index (κ3) is 4.84. The summed E-state index contributed by atoms with van der Waals surface area (Å²) in [4.78, 5) is 11.5. The van der Waals surface area contributed by atoms with Crippen LogP contribution in [0.2, 0.25) is 0 Å². The third-order valence-electron chi connectivity index (χ3n) is 2.49. The van der Waals surface area contributed by atoms with E-state index in [1.165, 1.54) is 0 Å². The molecular weight excluding hydrogens is 206 g/mol. The van der Waals surface area contributed by atoms with Crippen LogP contribution in [0.1, 0.15) is 47.0 Å². The fourth-order valence-corrected chi connectivity index (χ4v) is 1.88. The molecule has 1 aliphatic carbocycles. The standard InChI is InChI=1S/C12H23NO3/c1-5-15-9-6-7-10(8-9)16-11(14)13-12(2,3)4/h9-10H,5-8H2,1-4H3,(H,13,14). The van der Waals surface area contributed by atoms with E-state index in [1.54, 1.807) is 0 Å². The smallest absolute Gasteiger partial charge is 0.407 e. The summed E-state index contributed by atoms with van der Waals surface area (Å²) in [5.41, 5.74) is -0.241. The number of carbonyl (C=O) groups is 1. The van der Waals surface area contributed by atoms with Crippen molar-refractivity contribution < 1.29 is 14.3 Å². The van der Waals surface area contributed by atoms with Crippen molar-refractivity contribution in [2.45, 2.75) is 64.7 Å². The average Bonchev–Trinajstić information content (AvgIpc) is 2.49. The van der Waals surface area contributed by atoms with Gasteiger partial charge in [-0.15, -0.1) is 0 Å². The highest BCUT2D eigenvalue weighted by atomic mass is 16.6. The molecule has 0 aromatic rings. The minimum absolute atomic E-state index is 0.0129. The molecule has 2 atom stereocenters. The molecule has 1 fully saturated rings. The first-order valence-electron chi connectivity index (χ1n) is 6.01. The molecule has 0 aromatic carbocycles. The van der Waals surface area contributed by atoms with E-state index in [0.717, 1.165) is 25.9 Å². The predicted molar refractivity (Wildman–Crippen MR) is 62.4 cm³/mol. The first-order valence-corrected chi connectivity index (χ1v) is 6.01. The van der Waals surface area contributed by atoms with E-state index in [0.29, 0.717) is 0 Å². The molecule has 94 valence electrons. The minimum Gasteiger partial charge on any atom is -0.446 e. The van der Waals surface area contributed by atoms with E-state index < -0.39 is 0 Å². The molecule has 0 heterocycles. The molecule has 0 spiro atoms. The van der Waals surface area contributed by atoms with Gasteiger partial charge < -0.3 is 14.8 Å². The summed E-state index contributed by atoms with van der Waals surface area (Å²) in [7, 11) is 0. The second-order valence-corrected chi connectivity index (χ2v) is 5.29. The topological polar surface area (TPSA) is 47.6 Å². The van der Waals surface area contributed by atoms with Gasteiger partial charge in [-0.1, -0.05) is 0 Å². The van der Waals surface area contributed by atoms with Crippen molar-refractivity contribution >= 4 is 6.09 Å². The van der Waals surface area contributed by atoms with Crippen LogP contribution in [0.5, 0.6) is 0 Å². The van der Waals surface area contributed by atoms with E-state index in [2.05, 4.69) is 5.32 Å². The number of nitrogens with one attached hydrogen (secondary N) is 1. The van der Waals surface area contributed by atoms with Gasteiger partial charge in [0.2, 0.25) is 0 Å². The van der Waals surface area contributed by atoms with E-state index in [-0.39, 0.29) is 23.8 Å². The van der Waals surface area contributed by atoms with Crippen molar-refractivity contribution in [3.63, 3.8) is 0 Å². The van der Waals surface area contributed by atoms with E-state index in [4.69, 9.17) is 9.47 Å². The molecule has 0 aliphatic heterocycles.